The molecule has 1 heterocycles. The molecule has 2 atom stereocenters. The Morgan fingerprint density at radius 3 is 2.18 bits per heavy atom. The molecule has 1 aliphatic carbocycles. The van der Waals surface area contributed by atoms with E-state index < -0.39 is 6.04 Å². The minimum absolute atomic E-state index is 0.0139. The third-order valence-electron chi connectivity index (χ3n) is 8.94. The van der Waals surface area contributed by atoms with Gasteiger partial charge in [-0.15, -0.1) is 0 Å². The van der Waals surface area contributed by atoms with Crippen LogP contribution >= 0.6 is 0 Å². The molecular weight excluding hydrogens is 562 g/mol. The highest BCUT2D eigenvalue weighted by atomic mass is 16.5. The van der Waals surface area contributed by atoms with Crippen molar-refractivity contribution < 1.29 is 19.1 Å². The van der Waals surface area contributed by atoms with Crippen LogP contribution in [0.1, 0.15) is 60.1 Å². The van der Waals surface area contributed by atoms with Crippen LogP contribution in [-0.4, -0.2) is 39.0 Å². The van der Waals surface area contributed by atoms with Crippen LogP contribution in [0.2, 0.25) is 0 Å². The van der Waals surface area contributed by atoms with Crippen molar-refractivity contribution in [2.24, 2.45) is 0 Å². The Kier molecular flexibility index (Phi) is 8.60. The lowest BCUT2D eigenvalue weighted by molar-refractivity contribution is -0.116. The Bertz CT molecular complexity index is 1730. The number of benzene rings is 4. The molecule has 1 aliphatic heterocycles. The fourth-order valence-corrected chi connectivity index (χ4v) is 6.65. The second-order valence-corrected chi connectivity index (χ2v) is 11.4. The van der Waals surface area contributed by atoms with Gasteiger partial charge in [-0.2, -0.15) is 0 Å². The average molecular weight is 602 g/mol. The van der Waals surface area contributed by atoms with E-state index in [0.29, 0.717) is 35.5 Å². The van der Waals surface area contributed by atoms with Crippen LogP contribution in [0.3, 0.4) is 0 Å². The number of anilines is 3. The number of allylic oxidation sites excluding steroid dienone is 1. The van der Waals surface area contributed by atoms with E-state index in [1.807, 2.05) is 72.8 Å². The lowest BCUT2D eigenvalue weighted by atomic mass is 9.78. The predicted octanol–water partition coefficient (Wildman–Crippen LogP) is 7.76. The number of hydrogen-bond donors (Lipinski definition) is 1. The maximum absolute atomic E-state index is 14.5. The number of fused-ring (bicyclic) bond motifs is 1. The van der Waals surface area contributed by atoms with Crippen molar-refractivity contribution >= 4 is 28.8 Å². The number of rotatable bonds is 8. The summed E-state index contributed by atoms with van der Waals surface area (Å²) >= 11 is 0. The normalized spacial score (nSPS) is 17.5. The number of nitrogens with one attached hydrogen (secondary N) is 1. The molecule has 4 aromatic carbocycles. The number of methoxy groups -OCH3 is 2. The lowest BCUT2D eigenvalue weighted by Gasteiger charge is -2.35. The largest absolute Gasteiger partial charge is 0.493 e. The summed E-state index contributed by atoms with van der Waals surface area (Å²) in [6.07, 6.45) is 0.917. The number of para-hydroxylation sites is 2. The summed E-state index contributed by atoms with van der Waals surface area (Å²) in [4.78, 5) is 33.0. The maximum atomic E-state index is 14.5. The molecular formula is C38H39N3O4. The molecule has 0 spiro atoms. The molecule has 2 aliphatic rings. The third-order valence-corrected chi connectivity index (χ3v) is 8.94. The SMILES string of the molecule is CCN(CC)c1ccc([C@@H]2C3=C(C[C@@H](c4ccc(OC)c(OC)c4)CC3=O)Nc3ccccc3N2C(=O)c2ccccc2)cc1. The minimum atomic E-state index is -0.617. The van der Waals surface area contributed by atoms with E-state index in [4.69, 9.17) is 9.47 Å². The molecule has 1 N–H and O–H groups in total. The summed E-state index contributed by atoms with van der Waals surface area (Å²) in [5, 5.41) is 3.63. The van der Waals surface area contributed by atoms with Crippen molar-refractivity contribution in [1.82, 2.24) is 0 Å². The number of carbonyl (C=O) groups excluding carboxylic acids is 2. The van der Waals surface area contributed by atoms with Crippen LogP contribution in [0.4, 0.5) is 17.1 Å². The number of amides is 1. The summed E-state index contributed by atoms with van der Waals surface area (Å²) in [5.74, 6) is 1.06. The van der Waals surface area contributed by atoms with Gasteiger partial charge in [-0.1, -0.05) is 48.5 Å². The van der Waals surface area contributed by atoms with Crippen LogP contribution in [-0.2, 0) is 4.79 Å². The number of Topliss-reactive ketones (excluding diaryl/α,β-unsaturated/α-hetero) is 1. The van der Waals surface area contributed by atoms with Gasteiger partial charge in [0.2, 0.25) is 0 Å². The molecule has 0 fully saturated rings. The van der Waals surface area contributed by atoms with Crippen molar-refractivity contribution in [2.75, 3.05) is 42.4 Å². The fourth-order valence-electron chi connectivity index (χ4n) is 6.65. The molecule has 45 heavy (non-hydrogen) atoms. The summed E-state index contributed by atoms with van der Waals surface area (Å²) in [6, 6.07) is 30.7. The van der Waals surface area contributed by atoms with E-state index in [1.165, 1.54) is 0 Å². The Labute approximate surface area is 265 Å². The van der Waals surface area contributed by atoms with Crippen molar-refractivity contribution in [3.05, 3.63) is 125 Å². The predicted molar refractivity (Wildman–Crippen MR) is 180 cm³/mol. The first-order valence-corrected chi connectivity index (χ1v) is 15.5. The van der Waals surface area contributed by atoms with Gasteiger partial charge in [0.25, 0.3) is 5.91 Å². The first-order chi connectivity index (χ1) is 22.0. The first kappa shape index (κ1) is 30.0. The van der Waals surface area contributed by atoms with Crippen molar-refractivity contribution in [1.29, 1.82) is 0 Å². The molecule has 0 bridgehead atoms. The standard InChI is InChI=1S/C38H39N3O4/c1-5-40(6-2)29-19-16-25(17-20-29)37-36-31(22-28(23-33(36)42)27-18-21-34(44-3)35(24-27)45-4)39-30-14-10-11-15-32(30)41(37)38(43)26-12-8-7-9-13-26/h7-21,24,28,37,39H,5-6,22-23H2,1-4H3/t28-,37-/m1/s1. The highest BCUT2D eigenvalue weighted by Crippen LogP contribution is 2.48. The van der Waals surface area contributed by atoms with Gasteiger partial charge < -0.3 is 19.7 Å². The Morgan fingerprint density at radius 1 is 0.822 bits per heavy atom. The lowest BCUT2D eigenvalue weighted by Crippen LogP contribution is -2.38. The van der Waals surface area contributed by atoms with Gasteiger partial charge in [-0.25, -0.2) is 0 Å². The molecule has 0 saturated heterocycles. The van der Waals surface area contributed by atoms with Gasteiger partial charge in [-0.3, -0.25) is 14.5 Å². The van der Waals surface area contributed by atoms with Gasteiger partial charge in [0.1, 0.15) is 0 Å². The number of nitrogens with zero attached hydrogens (tertiary/aromatic N) is 2. The minimum Gasteiger partial charge on any atom is -0.493 e. The average Bonchev–Trinajstić information content (AvgIpc) is 3.23. The molecule has 7 nitrogen and oxygen atoms in total. The van der Waals surface area contributed by atoms with Crippen LogP contribution in [0.5, 0.6) is 11.5 Å². The fraction of sp³-hybridized carbons (Fsp3) is 0.263. The molecule has 0 saturated carbocycles. The van der Waals surface area contributed by atoms with Gasteiger partial charge in [0.15, 0.2) is 17.3 Å². The van der Waals surface area contributed by atoms with E-state index >= 15 is 0 Å². The zero-order valence-corrected chi connectivity index (χ0v) is 26.2. The van der Waals surface area contributed by atoms with Gasteiger partial charge in [0, 0.05) is 42.0 Å². The molecule has 1 amide bonds. The molecule has 4 aromatic rings. The molecule has 0 aromatic heterocycles. The van der Waals surface area contributed by atoms with Crippen LogP contribution in [0.15, 0.2) is 108 Å². The van der Waals surface area contributed by atoms with Crippen molar-refractivity contribution in [3.8, 4) is 11.5 Å². The number of ether oxygens (including phenoxy) is 2. The highest BCUT2D eigenvalue weighted by Gasteiger charge is 2.42. The molecule has 230 valence electrons. The van der Waals surface area contributed by atoms with Gasteiger partial charge >= 0.3 is 0 Å². The molecule has 7 heteroatoms. The smallest absolute Gasteiger partial charge is 0.259 e. The number of hydrogen-bond acceptors (Lipinski definition) is 6. The van der Waals surface area contributed by atoms with Gasteiger partial charge in [0.05, 0.1) is 31.6 Å². The highest BCUT2D eigenvalue weighted by molar-refractivity contribution is 6.12. The Hall–Kier alpha value is -5.04. The summed E-state index contributed by atoms with van der Waals surface area (Å²) in [7, 11) is 3.23. The number of ketones is 1. The summed E-state index contributed by atoms with van der Waals surface area (Å²) < 4.78 is 11.0. The van der Waals surface area contributed by atoms with Gasteiger partial charge in [-0.05, 0) is 85.8 Å². The summed E-state index contributed by atoms with van der Waals surface area (Å²) in [6.45, 7) is 6.05. The Morgan fingerprint density at radius 2 is 1.49 bits per heavy atom. The van der Waals surface area contributed by atoms with E-state index in [1.54, 1.807) is 19.1 Å². The zero-order valence-electron chi connectivity index (χ0n) is 26.2. The zero-order chi connectivity index (χ0) is 31.5. The monoisotopic (exact) mass is 601 g/mol. The van der Waals surface area contributed by atoms with Crippen LogP contribution < -0.4 is 24.6 Å². The second kappa shape index (κ2) is 12.9. The van der Waals surface area contributed by atoms with Crippen LogP contribution in [0.25, 0.3) is 0 Å². The topological polar surface area (TPSA) is 71.1 Å². The second-order valence-electron chi connectivity index (χ2n) is 11.4. The van der Waals surface area contributed by atoms with E-state index in [9.17, 15) is 9.59 Å². The Balaban J connectivity index is 1.52. The molecule has 6 rings (SSSR count). The molecule has 0 radical (unpaired) electrons. The van der Waals surface area contributed by atoms with E-state index in [2.05, 4.69) is 48.3 Å². The molecule has 0 unspecified atom stereocenters. The van der Waals surface area contributed by atoms with E-state index in [-0.39, 0.29) is 17.6 Å². The van der Waals surface area contributed by atoms with E-state index in [0.717, 1.165) is 47.0 Å². The summed E-state index contributed by atoms with van der Waals surface area (Å²) in [5.41, 5.74) is 6.54. The quantitative estimate of drug-likeness (QED) is 0.223. The number of carbonyl (C=O) groups is 2. The third kappa shape index (κ3) is 5.66. The van der Waals surface area contributed by atoms with Crippen molar-refractivity contribution in [2.45, 2.75) is 38.6 Å². The maximum Gasteiger partial charge on any atom is 0.259 e. The first-order valence-electron chi connectivity index (χ1n) is 15.5. The van der Waals surface area contributed by atoms with Crippen LogP contribution in [0, 0.1) is 0 Å². The van der Waals surface area contributed by atoms with Crippen molar-refractivity contribution in [3.63, 3.8) is 0 Å².